The van der Waals surface area contributed by atoms with E-state index in [1.807, 2.05) is 7.85 Å². The Morgan fingerprint density at radius 2 is 2.14 bits per heavy atom. The summed E-state index contributed by atoms with van der Waals surface area (Å²) in [6.45, 7) is 2.81. The number of aliphatic hydroxyl groups excluding tert-OH is 1. The zero-order valence-electron chi connectivity index (χ0n) is 16.3. The van der Waals surface area contributed by atoms with Gasteiger partial charge in [-0.25, -0.2) is 15.0 Å². The Bertz CT molecular complexity index is 912. The van der Waals surface area contributed by atoms with Crippen molar-refractivity contribution < 1.29 is 9.84 Å². The van der Waals surface area contributed by atoms with Crippen molar-refractivity contribution in [1.82, 2.24) is 15.0 Å². The highest BCUT2D eigenvalue weighted by molar-refractivity contribution is 7.99. The first-order valence-corrected chi connectivity index (χ1v) is 10.8. The number of aliphatic hydroxyl groups is 1. The number of pyridine rings is 1. The number of hydrogen-bond acceptors (Lipinski definition) is 9. The molecular formula is C18H24BClN6O2S. The van der Waals surface area contributed by atoms with Crippen LogP contribution in [0.1, 0.15) is 18.5 Å². The van der Waals surface area contributed by atoms with Crippen LogP contribution in [0.3, 0.4) is 0 Å². The van der Waals surface area contributed by atoms with Crippen molar-refractivity contribution in [3.8, 4) is 0 Å². The molecule has 0 radical (unpaired) electrons. The quantitative estimate of drug-likeness (QED) is 0.568. The van der Waals surface area contributed by atoms with Crippen LogP contribution in [-0.2, 0) is 11.3 Å². The van der Waals surface area contributed by atoms with E-state index in [1.54, 1.807) is 12.3 Å². The lowest BCUT2D eigenvalue weighted by molar-refractivity contribution is 0.131. The van der Waals surface area contributed by atoms with Crippen molar-refractivity contribution in [2.75, 3.05) is 36.9 Å². The summed E-state index contributed by atoms with van der Waals surface area (Å²) in [7, 11) is 1.91. The second kappa shape index (κ2) is 8.27. The molecule has 1 atom stereocenters. The second-order valence-electron chi connectivity index (χ2n) is 7.62. The third-order valence-electron chi connectivity index (χ3n) is 5.85. The first-order chi connectivity index (χ1) is 13.9. The Hall–Kier alpha value is -1.59. The van der Waals surface area contributed by atoms with E-state index in [2.05, 4.69) is 14.9 Å². The molecular weight excluding hydrogens is 411 g/mol. The third-order valence-corrected chi connectivity index (χ3v) is 7.50. The summed E-state index contributed by atoms with van der Waals surface area (Å²) in [4.78, 5) is 16.4. The van der Waals surface area contributed by atoms with Crippen molar-refractivity contribution in [2.45, 2.75) is 35.4 Å². The summed E-state index contributed by atoms with van der Waals surface area (Å²) in [6, 6.07) is 1.87. The van der Waals surface area contributed by atoms with E-state index in [1.165, 1.54) is 11.8 Å². The van der Waals surface area contributed by atoms with E-state index in [9.17, 15) is 5.11 Å². The van der Waals surface area contributed by atoms with Gasteiger partial charge >= 0.3 is 0 Å². The first-order valence-electron chi connectivity index (χ1n) is 9.58. The number of hydrogen-bond donors (Lipinski definition) is 3. The zero-order valence-corrected chi connectivity index (χ0v) is 17.8. The lowest BCUT2D eigenvalue weighted by Gasteiger charge is -2.41. The highest BCUT2D eigenvalue weighted by Gasteiger charge is 2.44. The minimum atomic E-state index is -0.188. The smallest absolute Gasteiger partial charge is 0.167 e. The monoisotopic (exact) mass is 434 g/mol. The van der Waals surface area contributed by atoms with Gasteiger partial charge in [-0.2, -0.15) is 0 Å². The number of piperidine rings is 1. The number of nitrogens with two attached hydrogens (primary N) is 2. The number of aromatic nitrogens is 3. The number of ether oxygens (including phenoxy) is 1. The highest BCUT2D eigenvalue weighted by Crippen LogP contribution is 2.40. The van der Waals surface area contributed by atoms with E-state index in [-0.39, 0.29) is 23.9 Å². The van der Waals surface area contributed by atoms with Crippen LogP contribution in [0, 0.1) is 5.41 Å². The molecule has 5 N–H and O–H groups in total. The number of anilines is 2. The van der Waals surface area contributed by atoms with Gasteiger partial charge in [-0.3, -0.25) is 0 Å². The molecule has 0 aromatic carbocycles. The van der Waals surface area contributed by atoms with Gasteiger partial charge in [-0.1, -0.05) is 23.4 Å². The average molecular weight is 435 g/mol. The summed E-state index contributed by atoms with van der Waals surface area (Å²) >= 11 is 7.63. The topological polar surface area (TPSA) is 123 Å². The molecule has 0 aliphatic carbocycles. The number of nitrogen functional groups attached to an aromatic ring is 1. The largest absolute Gasteiger partial charge is 0.390 e. The molecule has 1 spiro atoms. The Morgan fingerprint density at radius 1 is 1.38 bits per heavy atom. The molecule has 29 heavy (non-hydrogen) atoms. The van der Waals surface area contributed by atoms with Crippen molar-refractivity contribution in [2.24, 2.45) is 11.1 Å². The minimum absolute atomic E-state index is 0.0617. The molecule has 11 heteroatoms. The second-order valence-corrected chi connectivity index (χ2v) is 9.03. The van der Waals surface area contributed by atoms with Gasteiger partial charge in [0.25, 0.3) is 0 Å². The molecule has 2 fully saturated rings. The van der Waals surface area contributed by atoms with Crippen LogP contribution in [0.5, 0.6) is 0 Å². The van der Waals surface area contributed by atoms with Gasteiger partial charge in [0.05, 0.1) is 24.8 Å². The van der Waals surface area contributed by atoms with Crippen LogP contribution in [0.4, 0.5) is 11.6 Å². The van der Waals surface area contributed by atoms with Crippen LogP contribution >= 0.6 is 23.4 Å². The standard InChI is InChI=1S/C18H24BClN6O2S/c19-14-17(29-11-1-4-23-15(22)13(11)20)24-10(7-27)16(25-14)26-5-2-18(3-6-26)9-28-8-12(18)21/h1,4,12,27H,2-3,5-9,19,21H2,(H2,22,23)/t12-/m1/s1. The Balaban J connectivity index is 1.56. The number of rotatable bonds is 4. The molecule has 0 bridgehead atoms. The molecule has 2 aliphatic heterocycles. The molecule has 2 saturated heterocycles. The van der Waals surface area contributed by atoms with Gasteiger partial charge in [0.1, 0.15) is 16.5 Å². The van der Waals surface area contributed by atoms with Gasteiger partial charge in [0, 0.05) is 41.2 Å². The van der Waals surface area contributed by atoms with Gasteiger partial charge in [-0.05, 0) is 18.9 Å². The molecule has 2 aromatic heterocycles. The summed E-state index contributed by atoms with van der Waals surface area (Å²) in [5, 5.41) is 11.0. The molecule has 4 rings (SSSR count). The van der Waals surface area contributed by atoms with Crippen molar-refractivity contribution >= 4 is 48.4 Å². The fourth-order valence-electron chi connectivity index (χ4n) is 3.96. The summed E-state index contributed by atoms with van der Waals surface area (Å²) in [5.74, 6) is 1.01. The van der Waals surface area contributed by atoms with E-state index in [4.69, 9.17) is 32.8 Å². The Morgan fingerprint density at radius 3 is 2.79 bits per heavy atom. The summed E-state index contributed by atoms with van der Waals surface area (Å²) in [5.41, 5.74) is 13.5. The van der Waals surface area contributed by atoms with Crippen LogP contribution in [0.15, 0.2) is 22.2 Å². The van der Waals surface area contributed by atoms with Crippen molar-refractivity contribution in [1.29, 1.82) is 0 Å². The van der Waals surface area contributed by atoms with E-state index >= 15 is 0 Å². The van der Waals surface area contributed by atoms with Crippen LogP contribution in [0.25, 0.3) is 0 Å². The fourth-order valence-corrected chi connectivity index (χ4v) is 5.06. The maximum absolute atomic E-state index is 9.94. The van der Waals surface area contributed by atoms with E-state index in [0.29, 0.717) is 22.3 Å². The van der Waals surface area contributed by atoms with Crippen molar-refractivity contribution in [3.05, 3.63) is 23.0 Å². The van der Waals surface area contributed by atoms with Gasteiger partial charge in [-0.15, -0.1) is 0 Å². The maximum atomic E-state index is 9.94. The fraction of sp³-hybridized carbons (Fsp3) is 0.500. The first kappa shape index (κ1) is 20.7. The molecule has 2 aromatic rings. The number of halogens is 1. The zero-order chi connectivity index (χ0) is 20.6. The normalized spacial score (nSPS) is 21.1. The Labute approximate surface area is 179 Å². The molecule has 4 heterocycles. The molecule has 2 aliphatic rings. The maximum Gasteiger partial charge on any atom is 0.167 e. The SMILES string of the molecule is Bc1nc(N2CCC3(CC2)COC[C@H]3N)c(CO)nc1Sc1ccnc(N)c1Cl. The summed E-state index contributed by atoms with van der Waals surface area (Å²) < 4.78 is 5.61. The predicted molar refractivity (Wildman–Crippen MR) is 117 cm³/mol. The highest BCUT2D eigenvalue weighted by atomic mass is 35.5. The van der Waals surface area contributed by atoms with E-state index in [0.717, 1.165) is 48.8 Å². The number of nitrogens with zero attached hydrogens (tertiary/aromatic N) is 4. The minimum Gasteiger partial charge on any atom is -0.390 e. The Kier molecular flexibility index (Phi) is 5.90. The van der Waals surface area contributed by atoms with Crippen LogP contribution < -0.4 is 22.0 Å². The van der Waals surface area contributed by atoms with Crippen LogP contribution in [-0.4, -0.2) is 60.2 Å². The lowest BCUT2D eigenvalue weighted by Crippen LogP contribution is -2.49. The molecule has 0 unspecified atom stereocenters. The van der Waals surface area contributed by atoms with Crippen molar-refractivity contribution in [3.63, 3.8) is 0 Å². The van der Waals surface area contributed by atoms with Gasteiger partial charge < -0.3 is 26.2 Å². The molecule has 0 saturated carbocycles. The van der Waals surface area contributed by atoms with Crippen LogP contribution in [0.2, 0.25) is 5.02 Å². The average Bonchev–Trinajstić information content (AvgIpc) is 3.07. The molecule has 8 nitrogen and oxygen atoms in total. The van der Waals surface area contributed by atoms with Gasteiger partial charge in [0.2, 0.25) is 0 Å². The van der Waals surface area contributed by atoms with Gasteiger partial charge in [0.15, 0.2) is 13.7 Å². The lowest BCUT2D eigenvalue weighted by atomic mass is 9.75. The predicted octanol–water partition coefficient (Wildman–Crippen LogP) is -0.0468. The molecule has 154 valence electrons. The van der Waals surface area contributed by atoms with E-state index < -0.39 is 0 Å². The summed E-state index contributed by atoms with van der Waals surface area (Å²) in [6.07, 6.45) is 3.50. The third kappa shape index (κ3) is 3.92. The molecule has 0 amide bonds.